The summed E-state index contributed by atoms with van der Waals surface area (Å²) >= 11 is 0. The van der Waals surface area contributed by atoms with Crippen LogP contribution >= 0.6 is 0 Å². The van der Waals surface area contributed by atoms with Crippen molar-refractivity contribution < 1.29 is 4.74 Å². The fourth-order valence-electron chi connectivity index (χ4n) is 4.25. The quantitative estimate of drug-likeness (QED) is 0.594. The summed E-state index contributed by atoms with van der Waals surface area (Å²) in [6, 6.07) is 9.52. The Morgan fingerprint density at radius 2 is 1.89 bits per heavy atom. The van der Waals surface area contributed by atoms with Crippen molar-refractivity contribution >= 4 is 5.96 Å². The second-order valence-electron chi connectivity index (χ2n) is 8.04. The number of hydrogen-bond donors (Lipinski definition) is 2. The number of benzene rings is 1. The van der Waals surface area contributed by atoms with Crippen LogP contribution in [0.5, 0.6) is 5.75 Å². The smallest absolute Gasteiger partial charge is 0.191 e. The Kier molecular flexibility index (Phi) is 7.39. The summed E-state index contributed by atoms with van der Waals surface area (Å²) in [5.74, 6) is 1.84. The average molecular weight is 373 g/mol. The highest BCUT2D eigenvalue weighted by Crippen LogP contribution is 2.26. The van der Waals surface area contributed by atoms with Crippen LogP contribution in [0.25, 0.3) is 0 Å². The summed E-state index contributed by atoms with van der Waals surface area (Å²) in [5.41, 5.74) is 1.17. The molecule has 1 aliphatic heterocycles. The maximum absolute atomic E-state index is 6.05. The van der Waals surface area contributed by atoms with Crippen molar-refractivity contribution in [3.05, 3.63) is 29.8 Å². The summed E-state index contributed by atoms with van der Waals surface area (Å²) in [7, 11) is 1.84. The fourth-order valence-corrected chi connectivity index (χ4v) is 4.25. The molecular formula is C22H36N4O. The Bertz CT molecular complexity index is 604. The highest BCUT2D eigenvalue weighted by molar-refractivity contribution is 5.80. The minimum absolute atomic E-state index is 0.0777. The summed E-state index contributed by atoms with van der Waals surface area (Å²) in [6.45, 7) is 7.33. The van der Waals surface area contributed by atoms with Crippen LogP contribution in [0.3, 0.4) is 0 Å². The summed E-state index contributed by atoms with van der Waals surface area (Å²) in [5, 5.41) is 7.03. The Hall–Kier alpha value is -1.75. The number of aliphatic imine (C=N–C) groups is 1. The van der Waals surface area contributed by atoms with Gasteiger partial charge in [-0.05, 0) is 51.2 Å². The molecule has 0 aromatic heterocycles. The third-order valence-corrected chi connectivity index (χ3v) is 5.91. The highest BCUT2D eigenvalue weighted by atomic mass is 16.5. The molecule has 0 bridgehead atoms. The van der Waals surface area contributed by atoms with Gasteiger partial charge in [0.25, 0.3) is 0 Å². The van der Waals surface area contributed by atoms with E-state index in [9.17, 15) is 0 Å². The molecule has 1 aliphatic carbocycles. The van der Waals surface area contributed by atoms with Crippen molar-refractivity contribution in [2.75, 3.05) is 26.7 Å². The molecule has 1 saturated heterocycles. The van der Waals surface area contributed by atoms with Crippen molar-refractivity contribution in [3.63, 3.8) is 0 Å². The minimum atomic E-state index is 0.0777. The number of para-hydroxylation sites is 1. The van der Waals surface area contributed by atoms with Crippen LogP contribution in [0.1, 0.15) is 51.0 Å². The zero-order valence-electron chi connectivity index (χ0n) is 17.2. The van der Waals surface area contributed by atoms with E-state index in [2.05, 4.69) is 40.4 Å². The van der Waals surface area contributed by atoms with Crippen molar-refractivity contribution in [1.82, 2.24) is 15.5 Å². The molecule has 0 radical (unpaired) electrons. The van der Waals surface area contributed by atoms with Crippen molar-refractivity contribution in [1.29, 1.82) is 0 Å². The molecule has 5 nitrogen and oxygen atoms in total. The lowest BCUT2D eigenvalue weighted by Gasteiger charge is -2.36. The van der Waals surface area contributed by atoms with Crippen LogP contribution in [0.15, 0.2) is 29.3 Å². The number of aryl methyl sites for hydroxylation is 1. The Balaban J connectivity index is 1.38. The maximum Gasteiger partial charge on any atom is 0.191 e. The van der Waals surface area contributed by atoms with E-state index in [1.807, 2.05) is 25.2 Å². The van der Waals surface area contributed by atoms with E-state index in [0.29, 0.717) is 6.04 Å². The molecule has 1 saturated carbocycles. The van der Waals surface area contributed by atoms with Gasteiger partial charge in [0.1, 0.15) is 11.9 Å². The molecule has 1 heterocycles. The standard InChI is InChI=1S/C22H36N4O/c1-17-8-4-7-11-21(17)27-18(2)16-24-22(23-3)25-19-12-14-26(15-13-19)20-9-5-6-10-20/h4,7-8,11,18-20H,5-6,9-10,12-16H2,1-3H3,(H2,23,24,25). The number of ether oxygens (including phenoxy) is 1. The van der Waals surface area contributed by atoms with E-state index in [-0.39, 0.29) is 6.10 Å². The number of likely N-dealkylation sites (tertiary alicyclic amines) is 1. The molecule has 1 aromatic rings. The minimum Gasteiger partial charge on any atom is -0.489 e. The van der Waals surface area contributed by atoms with Gasteiger partial charge in [0, 0.05) is 32.2 Å². The van der Waals surface area contributed by atoms with Gasteiger partial charge in [-0.1, -0.05) is 31.0 Å². The molecule has 1 atom stereocenters. The molecule has 1 aromatic carbocycles. The Labute approximate surface area is 164 Å². The molecule has 27 heavy (non-hydrogen) atoms. The number of rotatable bonds is 6. The molecule has 1 unspecified atom stereocenters. The summed E-state index contributed by atoms with van der Waals surface area (Å²) in [4.78, 5) is 7.11. The number of nitrogens with zero attached hydrogens (tertiary/aromatic N) is 2. The van der Waals surface area contributed by atoms with Crippen molar-refractivity contribution in [2.24, 2.45) is 4.99 Å². The van der Waals surface area contributed by atoms with Gasteiger partial charge in [-0.2, -0.15) is 0 Å². The van der Waals surface area contributed by atoms with E-state index in [1.165, 1.54) is 57.2 Å². The van der Waals surface area contributed by atoms with Crippen molar-refractivity contribution in [3.8, 4) is 5.75 Å². The molecular weight excluding hydrogens is 336 g/mol. The molecule has 0 spiro atoms. The first-order valence-corrected chi connectivity index (χ1v) is 10.6. The predicted molar refractivity (Wildman–Crippen MR) is 113 cm³/mol. The monoisotopic (exact) mass is 372 g/mol. The lowest BCUT2D eigenvalue weighted by atomic mass is 10.0. The third kappa shape index (κ3) is 5.86. The third-order valence-electron chi connectivity index (χ3n) is 5.91. The number of nitrogens with one attached hydrogen (secondary N) is 2. The summed E-state index contributed by atoms with van der Waals surface area (Å²) in [6.07, 6.45) is 8.12. The maximum atomic E-state index is 6.05. The zero-order chi connectivity index (χ0) is 19.1. The van der Waals surface area contributed by atoms with E-state index < -0.39 is 0 Å². The van der Waals surface area contributed by atoms with Gasteiger partial charge in [0.15, 0.2) is 5.96 Å². The molecule has 2 fully saturated rings. The number of guanidine groups is 1. The van der Waals surface area contributed by atoms with Crippen LogP contribution in [-0.4, -0.2) is 55.7 Å². The highest BCUT2D eigenvalue weighted by Gasteiger charge is 2.27. The van der Waals surface area contributed by atoms with Gasteiger partial charge < -0.3 is 20.3 Å². The SMILES string of the molecule is CN=C(NCC(C)Oc1ccccc1C)NC1CCN(C2CCCC2)CC1. The predicted octanol–water partition coefficient (Wildman–Crippen LogP) is 3.33. The molecule has 0 amide bonds. The Morgan fingerprint density at radius 1 is 1.19 bits per heavy atom. The first-order valence-electron chi connectivity index (χ1n) is 10.6. The Morgan fingerprint density at radius 3 is 2.56 bits per heavy atom. The first-order chi connectivity index (χ1) is 13.2. The first kappa shape index (κ1) is 20.0. The van der Waals surface area contributed by atoms with Crippen molar-refractivity contribution in [2.45, 2.75) is 70.6 Å². The van der Waals surface area contributed by atoms with Gasteiger partial charge in [-0.15, -0.1) is 0 Å². The lowest BCUT2D eigenvalue weighted by Crippen LogP contribution is -2.51. The van der Waals surface area contributed by atoms with Gasteiger partial charge in [0.05, 0.1) is 6.54 Å². The van der Waals surface area contributed by atoms with Crippen LogP contribution < -0.4 is 15.4 Å². The number of piperidine rings is 1. The van der Waals surface area contributed by atoms with Gasteiger partial charge in [0.2, 0.25) is 0 Å². The largest absolute Gasteiger partial charge is 0.489 e. The summed E-state index contributed by atoms with van der Waals surface area (Å²) < 4.78 is 6.05. The second-order valence-corrected chi connectivity index (χ2v) is 8.04. The van der Waals surface area contributed by atoms with Crippen LogP contribution in [0.2, 0.25) is 0 Å². The molecule has 150 valence electrons. The normalized spacial score (nSPS) is 21.2. The fraction of sp³-hybridized carbons (Fsp3) is 0.682. The molecule has 5 heteroatoms. The zero-order valence-corrected chi connectivity index (χ0v) is 17.2. The lowest BCUT2D eigenvalue weighted by molar-refractivity contribution is 0.150. The topological polar surface area (TPSA) is 48.9 Å². The van der Waals surface area contributed by atoms with Gasteiger partial charge in [-0.3, -0.25) is 4.99 Å². The van der Waals surface area contributed by atoms with Gasteiger partial charge in [-0.25, -0.2) is 0 Å². The van der Waals surface area contributed by atoms with E-state index >= 15 is 0 Å². The van der Waals surface area contributed by atoms with E-state index in [1.54, 1.807) is 0 Å². The average Bonchev–Trinajstić information content (AvgIpc) is 3.22. The van der Waals surface area contributed by atoms with Gasteiger partial charge >= 0.3 is 0 Å². The van der Waals surface area contributed by atoms with E-state index in [4.69, 9.17) is 4.74 Å². The van der Waals surface area contributed by atoms with Crippen LogP contribution in [0.4, 0.5) is 0 Å². The van der Waals surface area contributed by atoms with E-state index in [0.717, 1.165) is 24.3 Å². The van der Waals surface area contributed by atoms with Crippen LogP contribution in [0, 0.1) is 6.92 Å². The molecule has 2 aliphatic rings. The number of hydrogen-bond acceptors (Lipinski definition) is 3. The molecule has 2 N–H and O–H groups in total. The second kappa shape index (κ2) is 9.98. The molecule has 3 rings (SSSR count). The van der Waals surface area contributed by atoms with Crippen LogP contribution in [-0.2, 0) is 0 Å².